The summed E-state index contributed by atoms with van der Waals surface area (Å²) in [6, 6.07) is 10.4. The van der Waals surface area contributed by atoms with E-state index in [0.717, 1.165) is 24.2 Å². The van der Waals surface area contributed by atoms with Gasteiger partial charge >= 0.3 is 5.97 Å². The van der Waals surface area contributed by atoms with Crippen LogP contribution in [0.3, 0.4) is 0 Å². The number of aromatic nitrogens is 2. The van der Waals surface area contributed by atoms with E-state index in [9.17, 15) is 4.79 Å². The lowest BCUT2D eigenvalue weighted by atomic mass is 9.75. The molecule has 5 rings (SSSR count). The van der Waals surface area contributed by atoms with Crippen LogP contribution < -0.4 is 0 Å². The van der Waals surface area contributed by atoms with E-state index in [1.165, 1.54) is 23.8 Å². The number of para-hydroxylation sites is 1. The lowest BCUT2D eigenvalue weighted by molar-refractivity contribution is -0.138. The first kappa shape index (κ1) is 15.4. The van der Waals surface area contributed by atoms with Gasteiger partial charge in [0.25, 0.3) is 0 Å². The number of rotatable bonds is 1. The zero-order valence-electron chi connectivity index (χ0n) is 14.8. The summed E-state index contributed by atoms with van der Waals surface area (Å²) in [5.74, 6) is 0.0400. The maximum absolute atomic E-state index is 12.3. The van der Waals surface area contributed by atoms with Crippen LogP contribution in [-0.4, -0.2) is 28.7 Å². The summed E-state index contributed by atoms with van der Waals surface area (Å²) >= 11 is 0. The number of hydrogen-bond donors (Lipinski definition) is 0. The molecule has 0 spiro atoms. The lowest BCUT2D eigenvalue weighted by Gasteiger charge is -2.41. The fourth-order valence-electron chi connectivity index (χ4n) is 4.49. The van der Waals surface area contributed by atoms with E-state index >= 15 is 0 Å². The summed E-state index contributed by atoms with van der Waals surface area (Å²) in [6.45, 7) is 2.88. The Bertz CT molecular complexity index is 1020. The molecule has 0 bridgehead atoms. The first-order valence-corrected chi connectivity index (χ1v) is 8.97. The monoisotopic (exact) mass is 348 g/mol. The minimum Gasteiger partial charge on any atom is -0.497 e. The molecule has 5 nitrogen and oxygen atoms in total. The Balaban J connectivity index is 1.66. The van der Waals surface area contributed by atoms with E-state index in [-0.39, 0.29) is 23.9 Å². The van der Waals surface area contributed by atoms with Gasteiger partial charge in [-0.15, -0.1) is 0 Å². The second kappa shape index (κ2) is 5.59. The van der Waals surface area contributed by atoms with E-state index < -0.39 is 0 Å². The van der Waals surface area contributed by atoms with Gasteiger partial charge in [0.15, 0.2) is 0 Å². The highest BCUT2D eigenvalue weighted by molar-refractivity contribution is 5.98. The molecule has 5 heteroatoms. The molecule has 0 saturated carbocycles. The average molecular weight is 348 g/mol. The van der Waals surface area contributed by atoms with E-state index in [1.807, 2.05) is 18.2 Å². The third-order valence-corrected chi connectivity index (χ3v) is 5.89. The number of ether oxygens (including phenoxy) is 2. The van der Waals surface area contributed by atoms with Crippen molar-refractivity contribution in [2.75, 3.05) is 7.11 Å². The highest BCUT2D eigenvalue weighted by atomic mass is 16.5. The van der Waals surface area contributed by atoms with Crippen molar-refractivity contribution in [3.63, 3.8) is 0 Å². The van der Waals surface area contributed by atoms with Crippen molar-refractivity contribution in [2.24, 2.45) is 11.8 Å². The molecule has 132 valence electrons. The number of hydrogen-bond acceptors (Lipinski definition) is 4. The molecule has 26 heavy (non-hydrogen) atoms. The normalized spacial score (nSPS) is 24.5. The quantitative estimate of drug-likeness (QED) is 0.633. The zero-order chi connectivity index (χ0) is 17.8. The second-order valence-electron chi connectivity index (χ2n) is 7.19. The van der Waals surface area contributed by atoms with Gasteiger partial charge in [0.1, 0.15) is 6.10 Å². The van der Waals surface area contributed by atoms with Gasteiger partial charge in [-0.3, -0.25) is 0 Å². The van der Waals surface area contributed by atoms with Crippen molar-refractivity contribution < 1.29 is 14.3 Å². The largest absolute Gasteiger partial charge is 0.497 e. The van der Waals surface area contributed by atoms with Gasteiger partial charge in [0.2, 0.25) is 0 Å². The molecule has 0 unspecified atom stereocenters. The first-order chi connectivity index (χ1) is 12.7. The smallest absolute Gasteiger partial charge is 0.337 e. The lowest BCUT2D eigenvalue weighted by Crippen LogP contribution is -2.42. The standard InChI is InChI=1S/C21H20N2O3/c1-12-16-10-23-8-7-14-13-5-3-4-6-18(13)22-20(14)19(23)9-15(16)17(11-26-12)21(24)25-2/h3-8,11-12,15-16H,9-10H2,1-2H3/t12-,15+,16+/m0/s1. The molecular formula is C21H20N2O3. The predicted octanol–water partition coefficient (Wildman–Crippen LogP) is 3.41. The van der Waals surface area contributed by atoms with Crippen LogP contribution in [0.15, 0.2) is 48.4 Å². The van der Waals surface area contributed by atoms with Gasteiger partial charge in [-0.05, 0) is 25.5 Å². The van der Waals surface area contributed by atoms with Crippen LogP contribution in [-0.2, 0) is 27.2 Å². The van der Waals surface area contributed by atoms with Crippen LogP contribution in [0.1, 0.15) is 12.6 Å². The summed E-state index contributed by atoms with van der Waals surface area (Å²) in [5.41, 5.74) is 5.05. The Morgan fingerprint density at radius 3 is 3.00 bits per heavy atom. The van der Waals surface area contributed by atoms with Crippen molar-refractivity contribution >= 4 is 16.9 Å². The third-order valence-electron chi connectivity index (χ3n) is 5.89. The number of pyridine rings is 1. The van der Waals surface area contributed by atoms with Crippen molar-refractivity contribution in [1.82, 2.24) is 9.55 Å². The molecule has 0 radical (unpaired) electrons. The van der Waals surface area contributed by atoms with Gasteiger partial charge in [-0.25, -0.2) is 9.78 Å². The minimum atomic E-state index is -0.298. The molecular weight excluding hydrogens is 328 g/mol. The summed E-state index contributed by atoms with van der Waals surface area (Å²) in [7, 11) is 1.42. The van der Waals surface area contributed by atoms with Crippen LogP contribution in [0.2, 0.25) is 0 Å². The molecule has 3 atom stereocenters. The van der Waals surface area contributed by atoms with E-state index in [0.29, 0.717) is 5.57 Å². The molecule has 0 aromatic heterocycles. The molecule has 0 aliphatic carbocycles. The fraction of sp³-hybridized carbons (Fsp3) is 0.333. The number of fused-ring (bicyclic) bond motifs is 6. The number of esters is 1. The Hall–Kier alpha value is -2.82. The number of carbonyl (C=O) groups is 1. The van der Waals surface area contributed by atoms with Gasteiger partial charge in [0, 0.05) is 41.2 Å². The number of benzene rings is 1. The van der Waals surface area contributed by atoms with Crippen LogP contribution in [0, 0.1) is 11.8 Å². The van der Waals surface area contributed by atoms with Crippen LogP contribution in [0.4, 0.5) is 0 Å². The SMILES string of the molecule is COC(=O)C1=CO[C@@H](C)[C@H]2Cn3ccc4c5ccccc5nc-4c3C[C@@H]12. The highest BCUT2D eigenvalue weighted by Crippen LogP contribution is 2.42. The topological polar surface area (TPSA) is 53.4 Å². The average Bonchev–Trinajstić information content (AvgIpc) is 3.06. The minimum absolute atomic E-state index is 0.0662. The molecule has 1 aromatic rings. The Morgan fingerprint density at radius 2 is 2.15 bits per heavy atom. The summed E-state index contributed by atoms with van der Waals surface area (Å²) in [6.07, 6.45) is 4.57. The van der Waals surface area contributed by atoms with Crippen molar-refractivity contribution in [2.45, 2.75) is 26.0 Å². The molecule has 0 N–H and O–H groups in total. The van der Waals surface area contributed by atoms with Crippen molar-refractivity contribution in [3.05, 3.63) is 54.1 Å². The number of nitrogens with zero attached hydrogens (tertiary/aromatic N) is 2. The summed E-state index contributed by atoms with van der Waals surface area (Å²) in [4.78, 5) is 17.1. The Labute approximate surface area is 151 Å². The molecule has 0 fully saturated rings. The summed E-state index contributed by atoms with van der Waals surface area (Å²) in [5, 5.41) is 1.18. The molecule has 1 aromatic carbocycles. The molecule has 4 heterocycles. The zero-order valence-corrected chi connectivity index (χ0v) is 14.8. The second-order valence-corrected chi connectivity index (χ2v) is 7.19. The van der Waals surface area contributed by atoms with Crippen LogP contribution >= 0.6 is 0 Å². The van der Waals surface area contributed by atoms with Crippen molar-refractivity contribution in [1.29, 1.82) is 0 Å². The van der Waals surface area contributed by atoms with Crippen LogP contribution in [0.25, 0.3) is 22.2 Å². The highest BCUT2D eigenvalue weighted by Gasteiger charge is 2.42. The van der Waals surface area contributed by atoms with E-state index in [1.54, 1.807) is 6.26 Å². The van der Waals surface area contributed by atoms with E-state index in [2.05, 4.69) is 29.8 Å². The fourth-order valence-corrected chi connectivity index (χ4v) is 4.49. The van der Waals surface area contributed by atoms with Gasteiger partial charge < -0.3 is 14.0 Å². The molecule has 0 amide bonds. The number of methoxy groups -OCH3 is 1. The maximum atomic E-state index is 12.3. The third kappa shape index (κ3) is 2.09. The molecule has 4 aliphatic rings. The van der Waals surface area contributed by atoms with E-state index in [4.69, 9.17) is 14.5 Å². The van der Waals surface area contributed by atoms with Gasteiger partial charge in [-0.2, -0.15) is 0 Å². The Kier molecular flexibility index (Phi) is 3.32. The molecule has 4 aliphatic heterocycles. The maximum Gasteiger partial charge on any atom is 0.337 e. The first-order valence-electron chi connectivity index (χ1n) is 8.97. The molecule has 0 saturated heterocycles. The van der Waals surface area contributed by atoms with Crippen molar-refractivity contribution in [3.8, 4) is 11.3 Å². The van der Waals surface area contributed by atoms with Gasteiger partial charge in [0.05, 0.1) is 30.2 Å². The summed E-state index contributed by atoms with van der Waals surface area (Å²) < 4.78 is 13.0. The number of carbonyl (C=O) groups excluding carboxylic acids is 1. The van der Waals surface area contributed by atoms with Gasteiger partial charge in [-0.1, -0.05) is 18.2 Å². The van der Waals surface area contributed by atoms with Crippen LogP contribution in [0.5, 0.6) is 0 Å². The Morgan fingerprint density at radius 1 is 1.31 bits per heavy atom. The predicted molar refractivity (Wildman–Crippen MR) is 97.7 cm³/mol.